The van der Waals surface area contributed by atoms with Gasteiger partial charge in [-0.15, -0.1) is 30.0 Å². The van der Waals surface area contributed by atoms with Gasteiger partial charge in [-0.25, -0.2) is 0 Å². The summed E-state index contributed by atoms with van der Waals surface area (Å²) >= 11 is 0. The Labute approximate surface area is 309 Å². The molecule has 7 heteroatoms. The van der Waals surface area contributed by atoms with Crippen LogP contribution in [0.25, 0.3) is 21.9 Å². The van der Waals surface area contributed by atoms with Crippen LogP contribution in [0.1, 0.15) is 33.4 Å². The summed E-state index contributed by atoms with van der Waals surface area (Å²) in [4.78, 5) is 9.18. The average molecular weight is 833 g/mol. The third kappa shape index (κ3) is 5.70. The molecule has 0 radical (unpaired) electrons. The summed E-state index contributed by atoms with van der Waals surface area (Å²) in [5.74, 6) is 1.25. The maximum Gasteiger partial charge on any atom is 0.319 e. The molecule has 1 aliphatic rings. The second-order valence-electron chi connectivity index (χ2n) is 13.4. The van der Waals surface area contributed by atoms with Gasteiger partial charge in [-0.05, 0) is 83.8 Å². The zero-order valence-corrected chi connectivity index (χ0v) is 31.7. The van der Waals surface area contributed by atoms with Gasteiger partial charge in [0.15, 0.2) is 0 Å². The molecule has 0 bridgehead atoms. The standard InChI is InChI=1S/C43H38BN4O.Pt/c1-27-20-29(3)41(30(4)21-27)44(42-31(5)22-28(2)23-32(42)6)48-37-18-17-35(25-36(37)43-40(48)16-11-19-45-43)49-34-13-10-12-33(24-34)47-26-46(7)38-14-8-9-15-39(38)47;/h8-23,26H,1-7H3;/q-3;. The van der Waals surface area contributed by atoms with Crippen LogP contribution in [0, 0.1) is 60.3 Å². The number of fused-ring (bicyclic) bond motifs is 4. The third-order valence-electron chi connectivity index (χ3n) is 9.76. The molecule has 3 heterocycles. The van der Waals surface area contributed by atoms with E-state index in [9.17, 15) is 0 Å². The van der Waals surface area contributed by atoms with Gasteiger partial charge in [0.25, 0.3) is 0 Å². The fourth-order valence-electron chi connectivity index (χ4n) is 7.96. The molecular formula is C43H38BN4OPt-3. The molecule has 0 N–H and O–H groups in total. The molecular weight excluding hydrogens is 794 g/mol. The molecule has 2 aromatic heterocycles. The SMILES string of the molecule is Cc1cc(C)c(B(c2c(C)cc(C)cc2C)n2c3ccc(Oc4[c-]c(N5[CH-]N(C)c6ccccc65)ccc4)[c-]c3c3ncccc32)c(C)c1.[Pt]. The first kappa shape index (κ1) is 33.7. The Bertz CT molecular complexity index is 2310. The Morgan fingerprint density at radius 2 is 1.28 bits per heavy atom. The van der Waals surface area contributed by atoms with E-state index in [0.29, 0.717) is 11.5 Å². The first-order valence-electron chi connectivity index (χ1n) is 16.8. The predicted molar refractivity (Wildman–Crippen MR) is 204 cm³/mol. The molecule has 0 spiro atoms. The maximum atomic E-state index is 6.49. The van der Waals surface area contributed by atoms with Gasteiger partial charge >= 0.3 is 6.85 Å². The molecule has 8 rings (SSSR count). The van der Waals surface area contributed by atoms with E-state index in [2.05, 4.69) is 142 Å². The molecule has 5 aromatic carbocycles. The Kier molecular flexibility index (Phi) is 8.86. The summed E-state index contributed by atoms with van der Waals surface area (Å²) < 4.78 is 8.96. The minimum Gasteiger partial charge on any atom is -0.504 e. The first-order chi connectivity index (χ1) is 23.7. The number of anilines is 3. The van der Waals surface area contributed by atoms with Crippen molar-refractivity contribution in [1.29, 1.82) is 0 Å². The van der Waals surface area contributed by atoms with Gasteiger partial charge in [0.1, 0.15) is 0 Å². The van der Waals surface area contributed by atoms with E-state index >= 15 is 0 Å². The van der Waals surface area contributed by atoms with Gasteiger partial charge in [-0.2, -0.15) is 12.7 Å². The van der Waals surface area contributed by atoms with Crippen molar-refractivity contribution in [2.24, 2.45) is 0 Å². The van der Waals surface area contributed by atoms with Crippen molar-refractivity contribution in [2.75, 3.05) is 16.8 Å². The zero-order chi connectivity index (χ0) is 34.0. The van der Waals surface area contributed by atoms with E-state index < -0.39 is 0 Å². The van der Waals surface area contributed by atoms with Crippen LogP contribution < -0.4 is 25.5 Å². The van der Waals surface area contributed by atoms with Crippen LogP contribution in [0.3, 0.4) is 0 Å². The number of ether oxygens (including phenoxy) is 1. The van der Waals surface area contributed by atoms with Gasteiger partial charge in [0, 0.05) is 61.2 Å². The number of aryl methyl sites for hydroxylation is 6. The Hall–Kier alpha value is -4.80. The van der Waals surface area contributed by atoms with Gasteiger partial charge in [-0.1, -0.05) is 92.8 Å². The minimum atomic E-state index is -0.0618. The molecule has 1 aliphatic heterocycles. The quantitative estimate of drug-likeness (QED) is 0.124. The zero-order valence-electron chi connectivity index (χ0n) is 29.4. The Balaban J connectivity index is 0.00000392. The van der Waals surface area contributed by atoms with Crippen LogP contribution in [0.15, 0.2) is 97.2 Å². The third-order valence-corrected chi connectivity index (χ3v) is 9.76. The molecule has 7 aromatic rings. The van der Waals surface area contributed by atoms with Crippen molar-refractivity contribution in [3.63, 3.8) is 0 Å². The summed E-state index contributed by atoms with van der Waals surface area (Å²) in [7, 11) is 2.06. The predicted octanol–water partition coefficient (Wildman–Crippen LogP) is 8.79. The monoisotopic (exact) mass is 832 g/mol. The van der Waals surface area contributed by atoms with Crippen molar-refractivity contribution in [2.45, 2.75) is 41.5 Å². The molecule has 5 nitrogen and oxygen atoms in total. The molecule has 0 saturated heterocycles. The van der Waals surface area contributed by atoms with E-state index in [1.807, 2.05) is 36.5 Å². The summed E-state index contributed by atoms with van der Waals surface area (Å²) in [6, 6.07) is 39.1. The first-order valence-corrected chi connectivity index (χ1v) is 16.8. The van der Waals surface area contributed by atoms with Crippen LogP contribution in [-0.4, -0.2) is 23.4 Å². The van der Waals surface area contributed by atoms with Gasteiger partial charge < -0.3 is 24.0 Å². The fraction of sp³-hybridized carbons (Fsp3) is 0.163. The number of para-hydroxylation sites is 2. The molecule has 0 fully saturated rings. The van der Waals surface area contributed by atoms with Crippen molar-refractivity contribution < 1.29 is 25.8 Å². The molecule has 0 atom stereocenters. The molecule has 0 aliphatic carbocycles. The maximum absolute atomic E-state index is 6.49. The topological polar surface area (TPSA) is 33.5 Å². The largest absolute Gasteiger partial charge is 0.504 e. The van der Waals surface area contributed by atoms with Crippen molar-refractivity contribution >= 4 is 56.8 Å². The van der Waals surface area contributed by atoms with Gasteiger partial charge in [0.05, 0.1) is 0 Å². The van der Waals surface area contributed by atoms with E-state index in [1.165, 1.54) is 44.3 Å². The molecule has 0 unspecified atom stereocenters. The number of nitrogens with zero attached hydrogens (tertiary/aromatic N) is 4. The van der Waals surface area contributed by atoms with E-state index in [4.69, 9.17) is 9.72 Å². The van der Waals surface area contributed by atoms with Crippen LogP contribution in [0.2, 0.25) is 0 Å². The Morgan fingerprint density at radius 1 is 0.660 bits per heavy atom. The molecule has 252 valence electrons. The van der Waals surface area contributed by atoms with Crippen LogP contribution >= 0.6 is 0 Å². The number of benzene rings is 5. The number of pyridine rings is 1. The molecule has 0 saturated carbocycles. The number of hydrogen-bond acceptors (Lipinski definition) is 4. The van der Waals surface area contributed by atoms with Gasteiger partial charge in [0.2, 0.25) is 0 Å². The smallest absolute Gasteiger partial charge is 0.319 e. The van der Waals surface area contributed by atoms with Crippen LogP contribution in [-0.2, 0) is 21.1 Å². The Morgan fingerprint density at radius 3 is 1.94 bits per heavy atom. The number of aromatic nitrogens is 2. The van der Waals surface area contributed by atoms with Crippen molar-refractivity contribution in [1.82, 2.24) is 9.46 Å². The summed E-state index contributed by atoms with van der Waals surface area (Å²) in [6.45, 7) is 15.3. The second-order valence-corrected chi connectivity index (χ2v) is 13.4. The molecule has 0 amide bonds. The summed E-state index contributed by atoms with van der Waals surface area (Å²) in [5.41, 5.74) is 16.5. The van der Waals surface area contributed by atoms with Crippen LogP contribution in [0.4, 0.5) is 17.1 Å². The molecule has 50 heavy (non-hydrogen) atoms. The van der Waals surface area contributed by atoms with Crippen molar-refractivity contribution in [3.05, 3.63) is 149 Å². The van der Waals surface area contributed by atoms with Crippen LogP contribution in [0.5, 0.6) is 11.5 Å². The van der Waals surface area contributed by atoms with E-state index in [1.54, 1.807) is 0 Å². The average Bonchev–Trinajstić information content (AvgIpc) is 3.58. The van der Waals surface area contributed by atoms with E-state index in [0.717, 1.165) is 39.0 Å². The summed E-state index contributed by atoms with van der Waals surface area (Å²) in [6.07, 6.45) is 1.87. The van der Waals surface area contributed by atoms with Crippen molar-refractivity contribution in [3.8, 4) is 11.5 Å². The normalized spacial score (nSPS) is 12.4. The number of hydrogen-bond donors (Lipinski definition) is 0. The summed E-state index contributed by atoms with van der Waals surface area (Å²) in [5, 5.41) is 0.933. The minimum absolute atomic E-state index is 0. The fourth-order valence-corrected chi connectivity index (χ4v) is 7.96. The van der Waals surface area contributed by atoms with E-state index in [-0.39, 0.29) is 27.9 Å². The van der Waals surface area contributed by atoms with Gasteiger partial charge in [-0.3, -0.25) is 0 Å². The number of rotatable bonds is 6. The second kappa shape index (κ2) is 13.2.